The molecule has 0 bridgehead atoms. The monoisotopic (exact) mass is 361 g/mol. The molecule has 1 unspecified atom stereocenters. The van der Waals surface area contributed by atoms with Crippen LogP contribution >= 0.6 is 0 Å². The van der Waals surface area contributed by atoms with Gasteiger partial charge >= 0.3 is 5.97 Å². The summed E-state index contributed by atoms with van der Waals surface area (Å²) in [5.74, 6) is 5.86. The molecule has 2 aliphatic carbocycles. The van der Waals surface area contributed by atoms with Gasteiger partial charge in [0.05, 0.1) is 5.92 Å². The highest BCUT2D eigenvalue weighted by atomic mass is 19.1. The maximum atomic E-state index is 13.3. The SMILES string of the molecule is O=C(O)[C@@H]1[C@@H]2CN(C3CCc4cc(C#Cc5cccc(F)c5)ccc43)C[C@@H]21. The van der Waals surface area contributed by atoms with Crippen LogP contribution in [0.15, 0.2) is 42.5 Å². The quantitative estimate of drug-likeness (QED) is 0.833. The number of rotatable bonds is 2. The minimum Gasteiger partial charge on any atom is -0.481 e. The van der Waals surface area contributed by atoms with E-state index < -0.39 is 5.97 Å². The van der Waals surface area contributed by atoms with E-state index in [4.69, 9.17) is 0 Å². The maximum absolute atomic E-state index is 13.3. The highest BCUT2D eigenvalue weighted by Gasteiger charge is 2.60. The van der Waals surface area contributed by atoms with Gasteiger partial charge in [0.15, 0.2) is 0 Å². The first-order valence-corrected chi connectivity index (χ1v) is 9.47. The van der Waals surface area contributed by atoms with Crippen molar-refractivity contribution >= 4 is 5.97 Å². The lowest BCUT2D eigenvalue weighted by Crippen LogP contribution is -2.29. The van der Waals surface area contributed by atoms with Crippen molar-refractivity contribution in [3.05, 3.63) is 70.5 Å². The van der Waals surface area contributed by atoms with Gasteiger partial charge in [-0.1, -0.05) is 24.0 Å². The summed E-state index contributed by atoms with van der Waals surface area (Å²) in [5.41, 5.74) is 4.33. The van der Waals surface area contributed by atoms with Crippen LogP contribution in [0.3, 0.4) is 0 Å². The van der Waals surface area contributed by atoms with Gasteiger partial charge < -0.3 is 5.11 Å². The first kappa shape index (κ1) is 16.5. The van der Waals surface area contributed by atoms with Crippen molar-refractivity contribution < 1.29 is 14.3 Å². The third-order valence-corrected chi connectivity index (χ3v) is 6.31. The van der Waals surface area contributed by atoms with Gasteiger partial charge in [-0.25, -0.2) is 4.39 Å². The van der Waals surface area contributed by atoms with Crippen molar-refractivity contribution in [2.24, 2.45) is 17.8 Å². The number of carboxylic acid groups (broad SMARTS) is 1. The van der Waals surface area contributed by atoms with E-state index in [1.807, 2.05) is 12.1 Å². The van der Waals surface area contributed by atoms with Crippen molar-refractivity contribution in [3.8, 4) is 11.8 Å². The normalized spacial score (nSPS) is 28.2. The Hall–Kier alpha value is -2.64. The zero-order valence-corrected chi connectivity index (χ0v) is 14.9. The van der Waals surface area contributed by atoms with Crippen molar-refractivity contribution in [2.75, 3.05) is 13.1 Å². The molecule has 0 radical (unpaired) electrons. The second-order valence-corrected chi connectivity index (χ2v) is 7.87. The van der Waals surface area contributed by atoms with E-state index in [1.165, 1.54) is 23.3 Å². The van der Waals surface area contributed by atoms with Crippen molar-refractivity contribution in [1.82, 2.24) is 4.90 Å². The standard InChI is InChI=1S/C23H20FNO2/c24-17-3-1-2-14(11-17)4-5-15-6-8-18-16(10-15)7-9-21(18)25-12-19-20(13-25)22(19)23(26)27/h1-3,6,8,10-11,19-22H,7,9,12-13H2,(H,26,27)/t19-,20+,21?,22-. The second kappa shape index (κ2) is 6.21. The van der Waals surface area contributed by atoms with Gasteiger partial charge in [0.1, 0.15) is 5.82 Å². The van der Waals surface area contributed by atoms with Crippen LogP contribution in [-0.4, -0.2) is 29.1 Å². The fourth-order valence-corrected chi connectivity index (χ4v) is 4.94. The molecule has 2 aromatic rings. The number of hydrogen-bond donors (Lipinski definition) is 1. The summed E-state index contributed by atoms with van der Waals surface area (Å²) in [6.07, 6.45) is 2.12. The molecule has 1 heterocycles. The average molecular weight is 361 g/mol. The molecule has 4 heteroatoms. The molecule has 5 rings (SSSR count). The Bertz CT molecular complexity index is 977. The average Bonchev–Trinajstić information content (AvgIpc) is 3.00. The number of hydrogen-bond acceptors (Lipinski definition) is 2. The number of benzene rings is 2. The highest BCUT2D eigenvalue weighted by molar-refractivity contribution is 5.74. The lowest BCUT2D eigenvalue weighted by atomic mass is 10.0. The summed E-state index contributed by atoms with van der Waals surface area (Å²) < 4.78 is 13.3. The van der Waals surface area contributed by atoms with Gasteiger partial charge in [-0.3, -0.25) is 9.69 Å². The number of carbonyl (C=O) groups is 1. The predicted octanol–water partition coefficient (Wildman–Crippen LogP) is 3.48. The Kier molecular flexibility index (Phi) is 3.80. The van der Waals surface area contributed by atoms with E-state index in [9.17, 15) is 14.3 Å². The lowest BCUT2D eigenvalue weighted by molar-refractivity contribution is -0.139. The largest absolute Gasteiger partial charge is 0.481 e. The molecule has 0 aromatic heterocycles. The summed E-state index contributed by atoms with van der Waals surface area (Å²) >= 11 is 0. The molecular weight excluding hydrogens is 341 g/mol. The van der Waals surface area contributed by atoms with E-state index >= 15 is 0 Å². The van der Waals surface area contributed by atoms with E-state index in [-0.39, 0.29) is 11.7 Å². The molecule has 0 amide bonds. The van der Waals surface area contributed by atoms with Gasteiger partial charge in [0.2, 0.25) is 0 Å². The minimum atomic E-state index is -0.627. The van der Waals surface area contributed by atoms with Crippen LogP contribution in [0.5, 0.6) is 0 Å². The minimum absolute atomic E-state index is 0.109. The van der Waals surface area contributed by atoms with Gasteiger partial charge in [-0.2, -0.15) is 0 Å². The Labute approximate surface area is 157 Å². The number of aliphatic carboxylic acids is 1. The first-order chi connectivity index (χ1) is 13.1. The fourth-order valence-electron chi connectivity index (χ4n) is 4.94. The zero-order valence-electron chi connectivity index (χ0n) is 14.9. The van der Waals surface area contributed by atoms with E-state index in [0.717, 1.165) is 31.5 Å². The molecule has 136 valence electrons. The summed E-state index contributed by atoms with van der Waals surface area (Å²) in [4.78, 5) is 13.6. The Balaban J connectivity index is 1.31. The van der Waals surface area contributed by atoms with Crippen LogP contribution in [0.25, 0.3) is 0 Å². The number of fused-ring (bicyclic) bond motifs is 2. The van der Waals surface area contributed by atoms with Crippen molar-refractivity contribution in [2.45, 2.75) is 18.9 Å². The van der Waals surface area contributed by atoms with E-state index in [1.54, 1.807) is 6.07 Å². The molecule has 1 N–H and O–H groups in total. The van der Waals surface area contributed by atoms with E-state index in [0.29, 0.717) is 23.4 Å². The number of aryl methyl sites for hydroxylation is 1. The van der Waals surface area contributed by atoms with Crippen LogP contribution in [0.4, 0.5) is 4.39 Å². The number of likely N-dealkylation sites (tertiary alicyclic amines) is 1. The van der Waals surface area contributed by atoms with Gasteiger partial charge in [0.25, 0.3) is 0 Å². The summed E-state index contributed by atoms with van der Waals surface area (Å²) in [6.45, 7) is 1.82. The van der Waals surface area contributed by atoms with Crippen molar-refractivity contribution in [3.63, 3.8) is 0 Å². The van der Waals surface area contributed by atoms with Crippen LogP contribution in [0.1, 0.15) is 34.7 Å². The molecule has 3 nitrogen and oxygen atoms in total. The second-order valence-electron chi connectivity index (χ2n) is 7.87. The third-order valence-electron chi connectivity index (χ3n) is 6.31. The molecule has 4 atom stereocenters. The Morgan fingerprint density at radius 3 is 2.52 bits per heavy atom. The van der Waals surface area contributed by atoms with Crippen LogP contribution in [-0.2, 0) is 11.2 Å². The predicted molar refractivity (Wildman–Crippen MR) is 99.6 cm³/mol. The molecule has 2 aromatic carbocycles. The summed E-state index contributed by atoms with van der Waals surface area (Å²) in [6, 6.07) is 13.1. The Morgan fingerprint density at radius 2 is 1.81 bits per heavy atom. The number of carboxylic acids is 1. The van der Waals surface area contributed by atoms with Gasteiger partial charge in [-0.05, 0) is 66.1 Å². The highest BCUT2D eigenvalue weighted by Crippen LogP contribution is 2.54. The molecule has 1 saturated heterocycles. The molecule has 1 saturated carbocycles. The first-order valence-electron chi connectivity index (χ1n) is 9.47. The molecule has 1 aliphatic heterocycles. The van der Waals surface area contributed by atoms with Gasteiger partial charge in [0, 0.05) is 30.3 Å². The lowest BCUT2D eigenvalue weighted by Gasteiger charge is -2.27. The molecule has 2 fully saturated rings. The molecule has 3 aliphatic rings. The zero-order chi connectivity index (χ0) is 18.5. The number of piperidine rings is 1. The van der Waals surface area contributed by atoms with Gasteiger partial charge in [-0.15, -0.1) is 0 Å². The van der Waals surface area contributed by atoms with Crippen LogP contribution in [0, 0.1) is 35.4 Å². The van der Waals surface area contributed by atoms with E-state index in [2.05, 4.69) is 28.9 Å². The molecule has 27 heavy (non-hydrogen) atoms. The topological polar surface area (TPSA) is 40.5 Å². The van der Waals surface area contributed by atoms with Crippen LogP contribution < -0.4 is 0 Å². The smallest absolute Gasteiger partial charge is 0.307 e. The van der Waals surface area contributed by atoms with Crippen molar-refractivity contribution in [1.29, 1.82) is 0 Å². The number of nitrogens with zero attached hydrogens (tertiary/aromatic N) is 1. The maximum Gasteiger partial charge on any atom is 0.307 e. The molecule has 0 spiro atoms. The third kappa shape index (κ3) is 2.93. The van der Waals surface area contributed by atoms with Crippen LogP contribution in [0.2, 0.25) is 0 Å². The fraction of sp³-hybridized carbons (Fsp3) is 0.348. The molecular formula is C23H20FNO2. The summed E-state index contributed by atoms with van der Waals surface area (Å²) in [5, 5.41) is 9.19. The summed E-state index contributed by atoms with van der Waals surface area (Å²) in [7, 11) is 0. The Morgan fingerprint density at radius 1 is 1.07 bits per heavy atom. The number of halogens is 1.